The summed E-state index contributed by atoms with van der Waals surface area (Å²) in [5, 5.41) is 3.94. The SMILES string of the molecule is CCl.Cc1ccc2c(c1C)C(C)C(/C(N)=N/NN)N2S(=O)(=O)c1ccccc1CC(=O)N1CCCCC1. The van der Waals surface area contributed by atoms with Gasteiger partial charge in [0.05, 0.1) is 17.0 Å². The third-order valence-corrected chi connectivity index (χ3v) is 9.13. The van der Waals surface area contributed by atoms with Crippen LogP contribution in [0.15, 0.2) is 46.4 Å². The van der Waals surface area contributed by atoms with E-state index in [-0.39, 0.29) is 29.0 Å². The molecule has 202 valence electrons. The molecule has 37 heavy (non-hydrogen) atoms. The van der Waals surface area contributed by atoms with E-state index in [1.807, 2.05) is 37.8 Å². The van der Waals surface area contributed by atoms with E-state index in [1.54, 1.807) is 24.3 Å². The average Bonchev–Trinajstić information content (AvgIpc) is 3.22. The van der Waals surface area contributed by atoms with Crippen molar-refractivity contribution in [2.75, 3.05) is 23.8 Å². The number of anilines is 1. The Morgan fingerprint density at radius 1 is 1.11 bits per heavy atom. The fourth-order valence-electron chi connectivity index (χ4n) is 5.32. The second kappa shape index (κ2) is 12.1. The summed E-state index contributed by atoms with van der Waals surface area (Å²) < 4.78 is 29.9. The molecule has 0 spiro atoms. The maximum Gasteiger partial charge on any atom is 0.265 e. The first kappa shape index (κ1) is 28.7. The van der Waals surface area contributed by atoms with Crippen molar-refractivity contribution in [3.05, 3.63) is 58.7 Å². The standard InChI is InChI=1S/C25H34N6O3S.CH3Cl/c1-16-11-12-20-23(17(16)2)18(3)24(25(26)28-29-27)31(20)35(33,34)21-10-6-5-9-19(21)15-22(32)30-13-7-4-8-14-30;1-2/h5-6,9-12,18,24,29H,4,7-8,13-15,27H2,1-3H3,(H2,26,28);1H3. The number of nitrogens with one attached hydrogen (secondary N) is 1. The summed E-state index contributed by atoms with van der Waals surface area (Å²) in [5.74, 6) is 5.15. The van der Waals surface area contributed by atoms with Gasteiger partial charge in [-0.3, -0.25) is 9.10 Å². The predicted molar refractivity (Wildman–Crippen MR) is 149 cm³/mol. The van der Waals surface area contributed by atoms with Crippen LogP contribution in [0.3, 0.4) is 0 Å². The second-order valence-corrected chi connectivity index (χ2v) is 11.1. The van der Waals surface area contributed by atoms with Crippen molar-refractivity contribution in [3.8, 4) is 0 Å². The number of amides is 1. The topological polar surface area (TPSA) is 134 Å². The van der Waals surface area contributed by atoms with Crippen LogP contribution in [0.5, 0.6) is 0 Å². The Balaban J connectivity index is 0.00000186. The van der Waals surface area contributed by atoms with E-state index in [4.69, 9.17) is 11.6 Å². The smallest absolute Gasteiger partial charge is 0.265 e. The number of halogens is 1. The Bertz CT molecular complexity index is 1260. The van der Waals surface area contributed by atoms with Gasteiger partial charge in [0, 0.05) is 25.4 Å². The predicted octanol–water partition coefficient (Wildman–Crippen LogP) is 3.13. The fraction of sp³-hybridized carbons (Fsp3) is 0.462. The summed E-state index contributed by atoms with van der Waals surface area (Å²) in [6.07, 6.45) is 4.56. The maximum atomic E-state index is 14.3. The summed E-state index contributed by atoms with van der Waals surface area (Å²) in [5.41, 5.74) is 12.5. The molecule has 1 saturated heterocycles. The Morgan fingerprint density at radius 3 is 2.41 bits per heavy atom. The lowest BCUT2D eigenvalue weighted by molar-refractivity contribution is -0.131. The Labute approximate surface area is 224 Å². The van der Waals surface area contributed by atoms with Crippen LogP contribution in [0.2, 0.25) is 0 Å². The molecule has 2 heterocycles. The fourth-order valence-corrected chi connectivity index (χ4v) is 7.26. The molecular weight excluding hydrogens is 512 g/mol. The number of amidine groups is 1. The molecule has 1 amide bonds. The summed E-state index contributed by atoms with van der Waals surface area (Å²) in [4.78, 5) is 14.9. The van der Waals surface area contributed by atoms with Crippen LogP contribution in [0.25, 0.3) is 0 Å². The number of hydrogen-bond donors (Lipinski definition) is 3. The van der Waals surface area contributed by atoms with Gasteiger partial charge >= 0.3 is 0 Å². The largest absolute Gasteiger partial charge is 0.384 e. The molecular formula is C26H37ClN6O3S. The lowest BCUT2D eigenvalue weighted by atomic mass is 9.91. The van der Waals surface area contributed by atoms with Crippen molar-refractivity contribution >= 4 is 39.1 Å². The van der Waals surface area contributed by atoms with Crippen LogP contribution in [-0.4, -0.2) is 50.6 Å². The minimum absolute atomic E-state index is 0.0250. The van der Waals surface area contributed by atoms with Gasteiger partial charge in [-0.25, -0.2) is 19.8 Å². The van der Waals surface area contributed by atoms with Gasteiger partial charge in [-0.15, -0.1) is 16.7 Å². The van der Waals surface area contributed by atoms with E-state index in [2.05, 4.69) is 22.2 Å². The molecule has 2 aromatic rings. The van der Waals surface area contributed by atoms with Gasteiger partial charge in [-0.2, -0.15) is 0 Å². The number of aryl methyl sites for hydroxylation is 1. The number of hydrazone groups is 1. The monoisotopic (exact) mass is 548 g/mol. The van der Waals surface area contributed by atoms with Crippen LogP contribution >= 0.6 is 11.6 Å². The molecule has 4 rings (SSSR count). The van der Waals surface area contributed by atoms with E-state index < -0.39 is 16.1 Å². The lowest BCUT2D eigenvalue weighted by Crippen LogP contribution is -2.48. The quantitative estimate of drug-likeness (QED) is 0.167. The van der Waals surface area contributed by atoms with Gasteiger partial charge in [0.15, 0.2) is 0 Å². The number of carbonyl (C=O) groups excluding carboxylic acids is 1. The van der Waals surface area contributed by atoms with Gasteiger partial charge in [0.1, 0.15) is 11.9 Å². The molecule has 0 saturated carbocycles. The Kier molecular flexibility index (Phi) is 9.44. The van der Waals surface area contributed by atoms with E-state index in [0.717, 1.165) is 36.0 Å². The number of nitrogens with zero attached hydrogens (tertiary/aromatic N) is 3. The maximum absolute atomic E-state index is 14.3. The lowest BCUT2D eigenvalue weighted by Gasteiger charge is -2.30. The molecule has 2 unspecified atom stereocenters. The number of likely N-dealkylation sites (tertiary alicyclic amines) is 1. The summed E-state index contributed by atoms with van der Waals surface area (Å²) in [6.45, 7) is 7.34. The molecule has 0 radical (unpaired) electrons. The molecule has 0 bridgehead atoms. The minimum atomic E-state index is -4.10. The molecule has 2 aromatic carbocycles. The molecule has 2 aliphatic rings. The highest BCUT2D eigenvalue weighted by Gasteiger charge is 2.46. The van der Waals surface area contributed by atoms with E-state index in [0.29, 0.717) is 24.3 Å². The number of sulfonamides is 1. The van der Waals surface area contributed by atoms with E-state index in [1.165, 1.54) is 10.7 Å². The molecule has 2 atom stereocenters. The highest BCUT2D eigenvalue weighted by Crippen LogP contribution is 2.46. The number of alkyl halides is 1. The van der Waals surface area contributed by atoms with Crippen LogP contribution in [0, 0.1) is 13.8 Å². The van der Waals surface area contributed by atoms with Crippen molar-refractivity contribution in [1.29, 1.82) is 0 Å². The van der Waals surface area contributed by atoms with Gasteiger partial charge < -0.3 is 10.6 Å². The number of hydrazine groups is 1. The first-order valence-electron chi connectivity index (χ1n) is 12.3. The number of rotatable bonds is 6. The van der Waals surface area contributed by atoms with Crippen molar-refractivity contribution in [3.63, 3.8) is 0 Å². The van der Waals surface area contributed by atoms with E-state index in [9.17, 15) is 13.2 Å². The first-order valence-corrected chi connectivity index (χ1v) is 14.5. The normalized spacial score (nSPS) is 19.7. The zero-order valence-electron chi connectivity index (χ0n) is 21.9. The number of benzene rings is 2. The van der Waals surface area contributed by atoms with Crippen molar-refractivity contribution in [2.24, 2.45) is 16.7 Å². The number of fused-ring (bicyclic) bond motifs is 1. The highest BCUT2D eigenvalue weighted by molar-refractivity contribution is 7.93. The van der Waals surface area contributed by atoms with Crippen LogP contribution in [0.1, 0.15) is 54.4 Å². The second-order valence-electron chi connectivity index (χ2n) is 9.37. The van der Waals surface area contributed by atoms with Crippen molar-refractivity contribution in [1.82, 2.24) is 10.4 Å². The molecule has 0 aliphatic carbocycles. The molecule has 0 aromatic heterocycles. The first-order chi connectivity index (χ1) is 17.7. The number of nitrogens with two attached hydrogens (primary N) is 2. The van der Waals surface area contributed by atoms with E-state index >= 15 is 0 Å². The summed E-state index contributed by atoms with van der Waals surface area (Å²) in [6, 6.07) is 9.67. The van der Waals surface area contributed by atoms with Crippen LogP contribution < -0.4 is 21.4 Å². The summed E-state index contributed by atoms with van der Waals surface area (Å²) >= 11 is 4.64. The zero-order chi connectivity index (χ0) is 27.3. The van der Waals surface area contributed by atoms with Crippen molar-refractivity contribution < 1.29 is 13.2 Å². The van der Waals surface area contributed by atoms with Gasteiger partial charge in [0.2, 0.25) is 5.91 Å². The number of carbonyl (C=O) groups is 1. The zero-order valence-corrected chi connectivity index (χ0v) is 23.4. The molecule has 1 fully saturated rings. The minimum Gasteiger partial charge on any atom is -0.384 e. The molecule has 2 aliphatic heterocycles. The number of piperidine rings is 1. The summed E-state index contributed by atoms with van der Waals surface area (Å²) in [7, 11) is -4.10. The van der Waals surface area contributed by atoms with Crippen molar-refractivity contribution in [2.45, 2.75) is 63.3 Å². The van der Waals surface area contributed by atoms with Gasteiger partial charge in [-0.05, 0) is 67.5 Å². The molecule has 11 heteroatoms. The third-order valence-electron chi connectivity index (χ3n) is 7.24. The average molecular weight is 549 g/mol. The highest BCUT2D eigenvalue weighted by atomic mass is 35.5. The molecule has 5 N–H and O–H groups in total. The Morgan fingerprint density at radius 2 is 1.76 bits per heavy atom. The Hall–Kier alpha value is -2.82. The van der Waals surface area contributed by atoms with Crippen LogP contribution in [-0.2, 0) is 21.2 Å². The number of hydrogen-bond acceptors (Lipinski definition) is 6. The van der Waals surface area contributed by atoms with Gasteiger partial charge in [-0.1, -0.05) is 31.2 Å². The molecule has 9 nitrogen and oxygen atoms in total. The third kappa shape index (κ3) is 5.56. The van der Waals surface area contributed by atoms with Gasteiger partial charge in [0.25, 0.3) is 10.0 Å². The van der Waals surface area contributed by atoms with Crippen LogP contribution in [0.4, 0.5) is 5.69 Å².